The number of carbonyl (C=O) groups excluding carboxylic acids is 2. The quantitative estimate of drug-likeness (QED) is 0.245. The predicted molar refractivity (Wildman–Crippen MR) is 112 cm³/mol. The summed E-state index contributed by atoms with van der Waals surface area (Å²) < 4.78 is 21.2. The number of hydrogen-bond donors (Lipinski definition) is 0. The van der Waals surface area contributed by atoms with Crippen molar-refractivity contribution in [3.05, 3.63) is 86.8 Å². The molecule has 0 bridgehead atoms. The number of aromatic nitrogens is 4. The van der Waals surface area contributed by atoms with E-state index in [0.717, 1.165) is 4.57 Å². The van der Waals surface area contributed by atoms with Gasteiger partial charge in [0.1, 0.15) is 34.4 Å². The molecule has 0 unspecified atom stereocenters. The number of rotatable bonds is 5. The first kappa shape index (κ1) is 20.6. The Morgan fingerprint density at radius 2 is 1.68 bits per heavy atom. The van der Waals surface area contributed by atoms with Gasteiger partial charge in [-0.3, -0.25) is 14.2 Å². The molecule has 0 saturated carbocycles. The number of ether oxygens (including phenoxy) is 1. The summed E-state index contributed by atoms with van der Waals surface area (Å²) in [5, 5.41) is 4.35. The van der Waals surface area contributed by atoms with Gasteiger partial charge in [0.25, 0.3) is 5.56 Å². The molecule has 0 fully saturated rings. The molecule has 0 aliphatic heterocycles. The van der Waals surface area contributed by atoms with E-state index in [1.807, 2.05) is 0 Å². The van der Waals surface area contributed by atoms with Crippen molar-refractivity contribution in [3.8, 4) is 5.75 Å². The molecule has 10 heteroatoms. The minimum atomic E-state index is -0.680. The third kappa shape index (κ3) is 4.15. The van der Waals surface area contributed by atoms with Crippen LogP contribution in [-0.2, 0) is 18.4 Å². The largest absolute Gasteiger partial charge is 0.425 e. The third-order valence-electron chi connectivity index (χ3n) is 4.52. The summed E-state index contributed by atoms with van der Waals surface area (Å²) >= 11 is 3.21. The summed E-state index contributed by atoms with van der Waals surface area (Å²) in [5.74, 6) is -1.18. The first-order valence-electron chi connectivity index (χ1n) is 9.02. The highest BCUT2D eigenvalue weighted by Gasteiger charge is 2.16. The molecule has 2 aromatic carbocycles. The Morgan fingerprint density at radius 1 is 1.06 bits per heavy atom. The number of esters is 1. The monoisotopic (exact) mass is 484 g/mol. The molecule has 2 aromatic heterocycles. The van der Waals surface area contributed by atoms with Crippen LogP contribution in [0.4, 0.5) is 4.39 Å². The number of benzene rings is 2. The molecule has 0 radical (unpaired) electrons. The molecule has 8 nitrogen and oxygen atoms in total. The standard InChI is InChI=1S/C21H14BrFN4O4/c1-26-20-17(19(22)25-26)21(30)27(11-24-20)10-16(28)31-15-8-4-13(5-9-15)18(29)12-2-6-14(23)7-3-12/h2-9,11H,10H2,1H3. The third-order valence-corrected chi connectivity index (χ3v) is 5.08. The minimum absolute atomic E-state index is 0.213. The molecule has 4 rings (SSSR count). The van der Waals surface area contributed by atoms with Crippen LogP contribution in [0.1, 0.15) is 15.9 Å². The lowest BCUT2D eigenvalue weighted by atomic mass is 10.0. The molecule has 31 heavy (non-hydrogen) atoms. The maximum absolute atomic E-state index is 13.0. The van der Waals surface area contributed by atoms with Crippen molar-refractivity contribution < 1.29 is 18.7 Å². The van der Waals surface area contributed by atoms with E-state index in [4.69, 9.17) is 4.74 Å². The normalized spacial score (nSPS) is 10.9. The van der Waals surface area contributed by atoms with Crippen molar-refractivity contribution >= 4 is 38.7 Å². The Bertz CT molecular complexity index is 1360. The zero-order chi connectivity index (χ0) is 22.1. The Kier molecular flexibility index (Phi) is 5.47. The first-order chi connectivity index (χ1) is 14.8. The van der Waals surface area contributed by atoms with Crippen molar-refractivity contribution in [1.29, 1.82) is 0 Å². The lowest BCUT2D eigenvalue weighted by molar-refractivity contribution is -0.135. The molecule has 0 aliphatic rings. The van der Waals surface area contributed by atoms with E-state index in [2.05, 4.69) is 26.0 Å². The van der Waals surface area contributed by atoms with Crippen LogP contribution in [0.5, 0.6) is 5.75 Å². The van der Waals surface area contributed by atoms with E-state index < -0.39 is 17.3 Å². The van der Waals surface area contributed by atoms with Crippen LogP contribution in [0.15, 0.2) is 64.3 Å². The molecule has 156 valence electrons. The number of aryl methyl sites for hydroxylation is 1. The number of carbonyl (C=O) groups is 2. The average Bonchev–Trinajstić information content (AvgIpc) is 3.04. The van der Waals surface area contributed by atoms with Gasteiger partial charge in [-0.15, -0.1) is 0 Å². The maximum Gasteiger partial charge on any atom is 0.331 e. The van der Waals surface area contributed by atoms with Crippen LogP contribution in [0.2, 0.25) is 0 Å². The van der Waals surface area contributed by atoms with Crippen molar-refractivity contribution in [3.63, 3.8) is 0 Å². The van der Waals surface area contributed by atoms with Gasteiger partial charge in [-0.05, 0) is 64.5 Å². The highest BCUT2D eigenvalue weighted by Crippen LogP contribution is 2.18. The van der Waals surface area contributed by atoms with Crippen LogP contribution < -0.4 is 10.3 Å². The van der Waals surface area contributed by atoms with Crippen molar-refractivity contribution in [1.82, 2.24) is 19.3 Å². The van der Waals surface area contributed by atoms with Gasteiger partial charge in [0.15, 0.2) is 11.4 Å². The van der Waals surface area contributed by atoms with Crippen molar-refractivity contribution in [2.75, 3.05) is 0 Å². The van der Waals surface area contributed by atoms with Crippen molar-refractivity contribution in [2.45, 2.75) is 6.54 Å². The smallest absolute Gasteiger partial charge is 0.331 e. The fourth-order valence-corrected chi connectivity index (χ4v) is 3.58. The van der Waals surface area contributed by atoms with Gasteiger partial charge in [-0.25, -0.2) is 18.9 Å². The molecule has 0 saturated heterocycles. The van der Waals surface area contributed by atoms with Gasteiger partial charge < -0.3 is 4.74 Å². The van der Waals surface area contributed by atoms with Gasteiger partial charge in [-0.2, -0.15) is 5.10 Å². The van der Waals surface area contributed by atoms with Gasteiger partial charge in [0.05, 0.1) is 0 Å². The van der Waals surface area contributed by atoms with Crippen molar-refractivity contribution in [2.24, 2.45) is 7.05 Å². The first-order valence-corrected chi connectivity index (χ1v) is 9.81. The molecule has 2 heterocycles. The summed E-state index contributed by atoms with van der Waals surface area (Å²) in [6.07, 6.45) is 1.25. The summed E-state index contributed by atoms with van der Waals surface area (Å²) in [7, 11) is 1.66. The number of hydrogen-bond acceptors (Lipinski definition) is 6. The SMILES string of the molecule is Cn1nc(Br)c2c(=O)n(CC(=O)Oc3ccc(C(=O)c4ccc(F)cc4)cc3)cnc21. The lowest BCUT2D eigenvalue weighted by Crippen LogP contribution is -2.27. The van der Waals surface area contributed by atoms with E-state index in [9.17, 15) is 18.8 Å². The Hall–Kier alpha value is -3.66. The Morgan fingerprint density at radius 3 is 2.32 bits per heavy atom. The number of halogens is 2. The number of ketones is 1. The molecule has 0 atom stereocenters. The van der Waals surface area contributed by atoms with Crippen LogP contribution in [0, 0.1) is 5.82 Å². The number of fused-ring (bicyclic) bond motifs is 1. The topological polar surface area (TPSA) is 96.1 Å². The Balaban J connectivity index is 1.47. The van der Waals surface area contributed by atoms with E-state index >= 15 is 0 Å². The highest BCUT2D eigenvalue weighted by atomic mass is 79.9. The fraction of sp³-hybridized carbons (Fsp3) is 0.0952. The lowest BCUT2D eigenvalue weighted by Gasteiger charge is -2.07. The summed E-state index contributed by atoms with van der Waals surface area (Å²) in [4.78, 5) is 41.5. The van der Waals surface area contributed by atoms with Gasteiger partial charge >= 0.3 is 5.97 Å². The minimum Gasteiger partial charge on any atom is -0.425 e. The maximum atomic E-state index is 13.0. The molecule has 0 aliphatic carbocycles. The second-order valence-corrected chi connectivity index (χ2v) is 7.38. The second-order valence-electron chi connectivity index (χ2n) is 6.63. The Labute approximate surface area is 183 Å². The summed E-state index contributed by atoms with van der Waals surface area (Å²) in [6.45, 7) is -0.348. The molecule has 0 amide bonds. The van der Waals surface area contributed by atoms with Gasteiger partial charge in [0, 0.05) is 18.2 Å². The second kappa shape index (κ2) is 8.23. The zero-order valence-electron chi connectivity index (χ0n) is 16.1. The van der Waals surface area contributed by atoms with E-state index in [1.165, 1.54) is 59.5 Å². The van der Waals surface area contributed by atoms with E-state index in [-0.39, 0.29) is 23.5 Å². The molecule has 0 spiro atoms. The summed E-state index contributed by atoms with van der Waals surface area (Å²) in [6, 6.07) is 11.2. The van der Waals surface area contributed by atoms with E-state index in [0.29, 0.717) is 21.4 Å². The zero-order valence-corrected chi connectivity index (χ0v) is 17.7. The molecular weight excluding hydrogens is 471 g/mol. The van der Waals surface area contributed by atoms with Crippen LogP contribution >= 0.6 is 15.9 Å². The fourth-order valence-electron chi connectivity index (χ4n) is 2.99. The molecule has 4 aromatic rings. The number of nitrogens with zero attached hydrogens (tertiary/aromatic N) is 4. The predicted octanol–water partition coefficient (Wildman–Crippen LogP) is 2.87. The average molecular weight is 485 g/mol. The molecular formula is C21H14BrFN4O4. The van der Waals surface area contributed by atoms with Gasteiger partial charge in [0.2, 0.25) is 0 Å². The van der Waals surface area contributed by atoms with Crippen LogP contribution in [0.25, 0.3) is 11.0 Å². The molecule has 0 N–H and O–H groups in total. The highest BCUT2D eigenvalue weighted by molar-refractivity contribution is 9.10. The van der Waals surface area contributed by atoms with Gasteiger partial charge in [-0.1, -0.05) is 0 Å². The van der Waals surface area contributed by atoms with Crippen LogP contribution in [0.3, 0.4) is 0 Å². The summed E-state index contributed by atoms with van der Waals surface area (Å²) in [5.41, 5.74) is 0.666. The van der Waals surface area contributed by atoms with E-state index in [1.54, 1.807) is 7.05 Å². The van der Waals surface area contributed by atoms with Crippen LogP contribution in [-0.4, -0.2) is 31.1 Å².